The molecule has 1 heterocycles. The first-order valence-electron chi connectivity index (χ1n) is 6.44. The molecule has 1 aromatic heterocycles. The lowest BCUT2D eigenvalue weighted by Crippen LogP contribution is -2.07. The Bertz CT molecular complexity index is 334. The Morgan fingerprint density at radius 1 is 1.18 bits per heavy atom. The lowest BCUT2D eigenvalue weighted by molar-refractivity contribution is 0.300. The number of aryl methyl sites for hydroxylation is 2. The van der Waals surface area contributed by atoms with E-state index >= 15 is 0 Å². The van der Waals surface area contributed by atoms with E-state index < -0.39 is 0 Å². The lowest BCUT2D eigenvalue weighted by atomic mass is 10.2. The number of nitrogens with zero attached hydrogens (tertiary/aromatic N) is 2. The number of ether oxygens (including phenoxy) is 1. The van der Waals surface area contributed by atoms with Gasteiger partial charge >= 0.3 is 0 Å². The van der Waals surface area contributed by atoms with Crippen molar-refractivity contribution in [2.45, 2.75) is 39.5 Å². The van der Waals surface area contributed by atoms with Gasteiger partial charge in [0.25, 0.3) is 0 Å². The van der Waals surface area contributed by atoms with E-state index in [0.29, 0.717) is 0 Å². The Kier molecular flexibility index (Phi) is 6.05. The fourth-order valence-electron chi connectivity index (χ4n) is 1.89. The first-order valence-corrected chi connectivity index (χ1v) is 6.44. The Morgan fingerprint density at radius 3 is 2.47 bits per heavy atom. The van der Waals surface area contributed by atoms with Crippen molar-refractivity contribution >= 4 is 0 Å². The molecular weight excluding hydrogens is 214 g/mol. The van der Waals surface area contributed by atoms with Crippen molar-refractivity contribution in [2.75, 3.05) is 20.2 Å². The fraction of sp³-hybridized carbons (Fsp3) is 0.769. The van der Waals surface area contributed by atoms with Crippen LogP contribution in [0.25, 0.3) is 0 Å². The summed E-state index contributed by atoms with van der Waals surface area (Å²) in [6, 6.07) is 0. The molecule has 17 heavy (non-hydrogen) atoms. The molecule has 0 fully saturated rings. The van der Waals surface area contributed by atoms with Gasteiger partial charge in [-0.25, -0.2) is 0 Å². The molecule has 0 saturated heterocycles. The zero-order valence-corrected chi connectivity index (χ0v) is 11.5. The van der Waals surface area contributed by atoms with Crippen molar-refractivity contribution < 1.29 is 4.74 Å². The first kappa shape index (κ1) is 14.0. The van der Waals surface area contributed by atoms with Crippen molar-refractivity contribution in [1.82, 2.24) is 15.1 Å². The Morgan fingerprint density at radius 2 is 1.88 bits per heavy atom. The molecule has 1 aromatic rings. The van der Waals surface area contributed by atoms with Crippen molar-refractivity contribution in [3.05, 3.63) is 11.4 Å². The van der Waals surface area contributed by atoms with Crippen molar-refractivity contribution in [1.29, 1.82) is 0 Å². The Hall–Kier alpha value is -1.03. The normalized spacial score (nSPS) is 10.8. The van der Waals surface area contributed by atoms with Crippen LogP contribution < -0.4 is 10.1 Å². The third kappa shape index (κ3) is 4.38. The molecule has 4 heteroatoms. The summed E-state index contributed by atoms with van der Waals surface area (Å²) in [5, 5.41) is 7.49. The summed E-state index contributed by atoms with van der Waals surface area (Å²) in [7, 11) is 3.95. The average molecular weight is 239 g/mol. The van der Waals surface area contributed by atoms with Crippen LogP contribution in [0.2, 0.25) is 0 Å². The molecule has 4 nitrogen and oxygen atoms in total. The van der Waals surface area contributed by atoms with E-state index in [1.807, 2.05) is 32.6 Å². The molecule has 0 aliphatic carbocycles. The predicted octanol–water partition coefficient (Wildman–Crippen LogP) is 2.20. The third-order valence-corrected chi connectivity index (χ3v) is 3.01. The summed E-state index contributed by atoms with van der Waals surface area (Å²) in [4.78, 5) is 0. The summed E-state index contributed by atoms with van der Waals surface area (Å²) < 4.78 is 7.67. The lowest BCUT2D eigenvalue weighted by Gasteiger charge is -2.06. The van der Waals surface area contributed by atoms with Crippen LogP contribution in [0.15, 0.2) is 0 Å². The first-order chi connectivity index (χ1) is 8.16. The summed E-state index contributed by atoms with van der Waals surface area (Å²) >= 11 is 0. The van der Waals surface area contributed by atoms with Crippen molar-refractivity contribution in [2.24, 2.45) is 7.05 Å². The summed E-state index contributed by atoms with van der Waals surface area (Å²) in [6.07, 6.45) is 4.88. The minimum atomic E-state index is 0.799. The van der Waals surface area contributed by atoms with Gasteiger partial charge in [-0.05, 0) is 40.3 Å². The maximum Gasteiger partial charge on any atom is 0.162 e. The molecule has 98 valence electrons. The van der Waals surface area contributed by atoms with E-state index in [9.17, 15) is 0 Å². The van der Waals surface area contributed by atoms with Gasteiger partial charge in [0.1, 0.15) is 5.69 Å². The second-order valence-corrected chi connectivity index (χ2v) is 4.49. The minimum Gasteiger partial charge on any atom is -0.490 e. The molecule has 0 amide bonds. The monoisotopic (exact) mass is 239 g/mol. The SMILES string of the molecule is CNCCCCCCOc1c(C)nn(C)c1C. The molecule has 0 aromatic carbocycles. The molecule has 0 atom stereocenters. The van der Waals surface area contributed by atoms with Gasteiger partial charge in [-0.3, -0.25) is 4.68 Å². The number of rotatable bonds is 8. The number of unbranched alkanes of at least 4 members (excludes halogenated alkanes) is 3. The predicted molar refractivity (Wildman–Crippen MR) is 70.6 cm³/mol. The van der Waals surface area contributed by atoms with Crippen molar-refractivity contribution in [3.8, 4) is 5.75 Å². The van der Waals surface area contributed by atoms with Crippen LogP contribution in [0.5, 0.6) is 5.75 Å². The van der Waals surface area contributed by atoms with Gasteiger partial charge in [0.2, 0.25) is 0 Å². The highest BCUT2D eigenvalue weighted by atomic mass is 16.5. The van der Waals surface area contributed by atoms with Gasteiger partial charge in [0.05, 0.1) is 12.3 Å². The molecule has 0 bridgehead atoms. The zero-order valence-electron chi connectivity index (χ0n) is 11.5. The molecule has 1 rings (SSSR count). The van der Waals surface area contributed by atoms with Gasteiger partial charge in [-0.2, -0.15) is 5.10 Å². The van der Waals surface area contributed by atoms with Crippen LogP contribution in [-0.2, 0) is 7.05 Å². The van der Waals surface area contributed by atoms with Crippen molar-refractivity contribution in [3.63, 3.8) is 0 Å². The smallest absolute Gasteiger partial charge is 0.162 e. The Balaban J connectivity index is 2.18. The van der Waals surface area contributed by atoms with E-state index in [-0.39, 0.29) is 0 Å². The van der Waals surface area contributed by atoms with Gasteiger partial charge < -0.3 is 10.1 Å². The summed E-state index contributed by atoms with van der Waals surface area (Å²) in [6.45, 7) is 5.95. The Labute approximate surface area is 104 Å². The second-order valence-electron chi connectivity index (χ2n) is 4.49. The maximum absolute atomic E-state index is 5.80. The van der Waals surface area contributed by atoms with E-state index in [1.54, 1.807) is 0 Å². The highest BCUT2D eigenvalue weighted by Gasteiger charge is 2.09. The molecule has 0 aliphatic heterocycles. The molecule has 0 unspecified atom stereocenters. The molecule has 1 N–H and O–H groups in total. The van der Waals surface area contributed by atoms with Crippen LogP contribution in [0, 0.1) is 13.8 Å². The molecule has 0 saturated carbocycles. The maximum atomic E-state index is 5.80. The number of aromatic nitrogens is 2. The van der Waals surface area contributed by atoms with Crippen LogP contribution in [0.3, 0.4) is 0 Å². The summed E-state index contributed by atoms with van der Waals surface area (Å²) in [5.74, 6) is 0.961. The minimum absolute atomic E-state index is 0.799. The van der Waals surface area contributed by atoms with Crippen LogP contribution in [-0.4, -0.2) is 30.0 Å². The van der Waals surface area contributed by atoms with E-state index in [0.717, 1.165) is 36.7 Å². The topological polar surface area (TPSA) is 39.1 Å². The van der Waals surface area contributed by atoms with Gasteiger partial charge in [-0.15, -0.1) is 0 Å². The summed E-state index contributed by atoms with van der Waals surface area (Å²) in [5.41, 5.74) is 2.10. The van der Waals surface area contributed by atoms with Gasteiger partial charge in [0, 0.05) is 7.05 Å². The third-order valence-electron chi connectivity index (χ3n) is 3.01. The number of hydrogen-bond acceptors (Lipinski definition) is 3. The number of nitrogens with one attached hydrogen (secondary N) is 1. The zero-order chi connectivity index (χ0) is 12.7. The van der Waals surface area contributed by atoms with Gasteiger partial charge in [0.15, 0.2) is 5.75 Å². The molecule has 0 aliphatic rings. The quantitative estimate of drug-likeness (QED) is 0.707. The van der Waals surface area contributed by atoms with E-state index in [1.165, 1.54) is 19.3 Å². The standard InChI is InChI=1S/C13H25N3O/c1-11-13(12(2)16(4)15-11)17-10-8-6-5-7-9-14-3/h14H,5-10H2,1-4H3. The highest BCUT2D eigenvalue weighted by Crippen LogP contribution is 2.21. The molecule has 0 spiro atoms. The highest BCUT2D eigenvalue weighted by molar-refractivity contribution is 5.31. The fourth-order valence-corrected chi connectivity index (χ4v) is 1.89. The van der Waals surface area contributed by atoms with Crippen LogP contribution >= 0.6 is 0 Å². The number of hydrogen-bond donors (Lipinski definition) is 1. The largest absolute Gasteiger partial charge is 0.490 e. The van der Waals surface area contributed by atoms with E-state index in [4.69, 9.17) is 4.74 Å². The van der Waals surface area contributed by atoms with E-state index in [2.05, 4.69) is 10.4 Å². The molecular formula is C13H25N3O. The van der Waals surface area contributed by atoms with Gasteiger partial charge in [-0.1, -0.05) is 12.8 Å². The van der Waals surface area contributed by atoms with Crippen LogP contribution in [0.1, 0.15) is 37.1 Å². The molecule has 0 radical (unpaired) electrons. The second kappa shape index (κ2) is 7.33. The van der Waals surface area contributed by atoms with Crippen LogP contribution in [0.4, 0.5) is 0 Å². The average Bonchev–Trinajstić information content (AvgIpc) is 2.54.